The van der Waals surface area contributed by atoms with Crippen LogP contribution in [0.4, 0.5) is 5.69 Å². The van der Waals surface area contributed by atoms with Crippen molar-refractivity contribution in [2.45, 2.75) is 26.3 Å². The molecular weight excluding hydrogens is 292 g/mol. The number of nitrogens with two attached hydrogens (primary N) is 1. The Bertz CT molecular complexity index is 822. The number of hydrogen-bond acceptors (Lipinski definition) is 3. The highest BCUT2D eigenvalue weighted by molar-refractivity contribution is 7.25. The molecule has 4 heteroatoms. The Morgan fingerprint density at radius 2 is 1.86 bits per heavy atom. The Kier molecular flexibility index (Phi) is 4.14. The molecule has 0 radical (unpaired) electrons. The number of fused-ring (bicyclic) bond motifs is 3. The van der Waals surface area contributed by atoms with E-state index >= 15 is 0 Å². The van der Waals surface area contributed by atoms with Crippen LogP contribution in [0, 0.1) is 5.92 Å². The van der Waals surface area contributed by atoms with E-state index in [1.54, 1.807) is 11.3 Å². The van der Waals surface area contributed by atoms with Gasteiger partial charge in [0.25, 0.3) is 0 Å². The molecule has 0 aliphatic rings. The molecule has 0 spiro atoms. The molecule has 1 atom stereocenters. The van der Waals surface area contributed by atoms with Gasteiger partial charge in [0, 0.05) is 25.9 Å². The van der Waals surface area contributed by atoms with Crippen LogP contribution in [0.5, 0.6) is 0 Å². The second-order valence-corrected chi connectivity index (χ2v) is 7.12. The molecule has 3 aromatic rings. The van der Waals surface area contributed by atoms with Crippen molar-refractivity contribution < 1.29 is 4.79 Å². The van der Waals surface area contributed by atoms with Crippen molar-refractivity contribution in [2.75, 3.05) is 5.32 Å². The first-order valence-corrected chi connectivity index (χ1v) is 8.34. The van der Waals surface area contributed by atoms with E-state index in [0.717, 1.165) is 5.69 Å². The predicted octanol–water partition coefficient (Wildman–Crippen LogP) is 4.37. The van der Waals surface area contributed by atoms with Gasteiger partial charge in [-0.25, -0.2) is 0 Å². The number of nitrogens with one attached hydrogen (secondary N) is 1. The highest BCUT2D eigenvalue weighted by atomic mass is 32.1. The number of benzene rings is 2. The summed E-state index contributed by atoms with van der Waals surface area (Å²) in [7, 11) is 0. The zero-order valence-electron chi connectivity index (χ0n) is 12.8. The lowest BCUT2D eigenvalue weighted by Gasteiger charge is -2.14. The smallest absolute Gasteiger partial charge is 0.241 e. The van der Waals surface area contributed by atoms with Crippen molar-refractivity contribution in [1.82, 2.24) is 0 Å². The normalized spacial score (nSPS) is 12.9. The fourth-order valence-electron chi connectivity index (χ4n) is 2.65. The monoisotopic (exact) mass is 312 g/mol. The number of thiophene rings is 1. The number of hydrogen-bond donors (Lipinski definition) is 2. The van der Waals surface area contributed by atoms with Gasteiger partial charge in [-0.15, -0.1) is 11.3 Å². The van der Waals surface area contributed by atoms with Gasteiger partial charge in [0.05, 0.1) is 6.04 Å². The summed E-state index contributed by atoms with van der Waals surface area (Å²) >= 11 is 1.77. The molecule has 0 unspecified atom stereocenters. The minimum absolute atomic E-state index is 0.118. The Labute approximate surface area is 134 Å². The molecule has 2 aromatic carbocycles. The summed E-state index contributed by atoms with van der Waals surface area (Å²) < 4.78 is 2.49. The second-order valence-electron chi connectivity index (χ2n) is 6.03. The van der Waals surface area contributed by atoms with Gasteiger partial charge in [0.2, 0.25) is 5.91 Å². The maximum atomic E-state index is 12.2. The van der Waals surface area contributed by atoms with E-state index in [2.05, 4.69) is 37.4 Å². The molecule has 1 amide bonds. The molecule has 0 saturated heterocycles. The van der Waals surface area contributed by atoms with Gasteiger partial charge in [-0.05, 0) is 36.6 Å². The summed E-state index contributed by atoms with van der Waals surface area (Å²) in [4.78, 5) is 12.2. The molecule has 3 nitrogen and oxygen atoms in total. The standard InChI is InChI=1S/C18H20N2OS/c1-11(2)9-15(19)18(21)20-12-7-8-17-14(10-12)13-5-3-4-6-16(13)22-17/h3-8,10-11,15H,9,19H2,1-2H3,(H,20,21)/t15-/m0/s1. The van der Waals surface area contributed by atoms with Gasteiger partial charge in [0.15, 0.2) is 0 Å². The van der Waals surface area contributed by atoms with Crippen LogP contribution < -0.4 is 11.1 Å². The van der Waals surface area contributed by atoms with Gasteiger partial charge < -0.3 is 11.1 Å². The lowest BCUT2D eigenvalue weighted by molar-refractivity contribution is -0.117. The number of carbonyl (C=O) groups excluding carboxylic acids is 1. The van der Waals surface area contributed by atoms with Crippen LogP contribution in [0.25, 0.3) is 20.2 Å². The van der Waals surface area contributed by atoms with E-state index in [1.165, 1.54) is 20.2 Å². The molecule has 0 bridgehead atoms. The lowest BCUT2D eigenvalue weighted by atomic mass is 10.0. The highest BCUT2D eigenvalue weighted by Crippen LogP contribution is 2.35. The Hall–Kier alpha value is -1.91. The maximum absolute atomic E-state index is 12.2. The quantitative estimate of drug-likeness (QED) is 0.751. The third kappa shape index (κ3) is 2.98. The summed E-state index contributed by atoms with van der Waals surface area (Å²) in [5.74, 6) is 0.289. The van der Waals surface area contributed by atoms with E-state index in [-0.39, 0.29) is 5.91 Å². The average Bonchev–Trinajstić information content (AvgIpc) is 2.84. The lowest BCUT2D eigenvalue weighted by Crippen LogP contribution is -2.36. The van der Waals surface area contributed by atoms with E-state index in [1.807, 2.05) is 24.3 Å². The zero-order chi connectivity index (χ0) is 15.7. The molecule has 1 aromatic heterocycles. The van der Waals surface area contributed by atoms with Crippen molar-refractivity contribution in [2.24, 2.45) is 11.7 Å². The number of carbonyl (C=O) groups is 1. The highest BCUT2D eigenvalue weighted by Gasteiger charge is 2.15. The van der Waals surface area contributed by atoms with Gasteiger partial charge in [-0.1, -0.05) is 32.0 Å². The molecule has 1 heterocycles. The number of anilines is 1. The van der Waals surface area contributed by atoms with Crippen LogP contribution in [-0.2, 0) is 4.79 Å². The molecule has 0 aliphatic carbocycles. The topological polar surface area (TPSA) is 55.1 Å². The molecular formula is C18H20N2OS. The van der Waals surface area contributed by atoms with Crippen LogP contribution in [-0.4, -0.2) is 11.9 Å². The fourth-order valence-corrected chi connectivity index (χ4v) is 3.74. The zero-order valence-corrected chi connectivity index (χ0v) is 13.6. The summed E-state index contributed by atoms with van der Waals surface area (Å²) in [5.41, 5.74) is 6.74. The second kappa shape index (κ2) is 6.07. The SMILES string of the molecule is CC(C)C[C@H](N)C(=O)Nc1ccc2sc3ccccc3c2c1. The molecule has 3 N–H and O–H groups in total. The first-order chi connectivity index (χ1) is 10.5. The van der Waals surface area contributed by atoms with Gasteiger partial charge in [0.1, 0.15) is 0 Å². The molecule has 3 rings (SSSR count). The first kappa shape index (κ1) is 15.0. The molecule has 0 saturated carbocycles. The third-order valence-electron chi connectivity index (χ3n) is 3.71. The predicted molar refractivity (Wildman–Crippen MR) is 95.4 cm³/mol. The van der Waals surface area contributed by atoms with Gasteiger partial charge >= 0.3 is 0 Å². The van der Waals surface area contributed by atoms with Crippen molar-refractivity contribution in [1.29, 1.82) is 0 Å². The van der Waals surface area contributed by atoms with Crippen molar-refractivity contribution in [3.63, 3.8) is 0 Å². The minimum Gasteiger partial charge on any atom is -0.325 e. The van der Waals surface area contributed by atoms with E-state index in [4.69, 9.17) is 5.73 Å². The maximum Gasteiger partial charge on any atom is 0.241 e. The molecule has 22 heavy (non-hydrogen) atoms. The van der Waals surface area contributed by atoms with Crippen LogP contribution in [0.1, 0.15) is 20.3 Å². The molecule has 0 aliphatic heterocycles. The van der Waals surface area contributed by atoms with Crippen LogP contribution in [0.15, 0.2) is 42.5 Å². The van der Waals surface area contributed by atoms with E-state index < -0.39 is 6.04 Å². The number of rotatable bonds is 4. The van der Waals surface area contributed by atoms with Crippen LogP contribution >= 0.6 is 11.3 Å². The first-order valence-electron chi connectivity index (χ1n) is 7.52. The van der Waals surface area contributed by atoms with Crippen molar-refractivity contribution in [3.8, 4) is 0 Å². The number of amides is 1. The third-order valence-corrected chi connectivity index (χ3v) is 4.86. The Morgan fingerprint density at radius 3 is 2.64 bits per heavy atom. The van der Waals surface area contributed by atoms with Crippen LogP contribution in [0.2, 0.25) is 0 Å². The van der Waals surface area contributed by atoms with Crippen molar-refractivity contribution in [3.05, 3.63) is 42.5 Å². The average molecular weight is 312 g/mol. The van der Waals surface area contributed by atoms with E-state index in [9.17, 15) is 4.79 Å². The minimum atomic E-state index is -0.463. The summed E-state index contributed by atoms with van der Waals surface area (Å²) in [6, 6.07) is 13.9. The molecule has 114 valence electrons. The fraction of sp³-hybridized carbons (Fsp3) is 0.278. The Morgan fingerprint density at radius 1 is 1.14 bits per heavy atom. The van der Waals surface area contributed by atoms with Gasteiger partial charge in [-0.3, -0.25) is 4.79 Å². The summed E-state index contributed by atoms with van der Waals surface area (Å²) in [6.07, 6.45) is 0.690. The van der Waals surface area contributed by atoms with E-state index in [0.29, 0.717) is 12.3 Å². The Balaban J connectivity index is 1.88. The van der Waals surface area contributed by atoms with Crippen molar-refractivity contribution >= 4 is 43.1 Å². The van der Waals surface area contributed by atoms with Gasteiger partial charge in [-0.2, -0.15) is 0 Å². The summed E-state index contributed by atoms with van der Waals surface area (Å²) in [6.45, 7) is 4.13. The molecule has 0 fully saturated rings. The largest absolute Gasteiger partial charge is 0.325 e. The summed E-state index contributed by atoms with van der Waals surface area (Å²) in [5, 5.41) is 5.34. The van der Waals surface area contributed by atoms with Crippen LogP contribution in [0.3, 0.4) is 0 Å².